The third-order valence-corrected chi connectivity index (χ3v) is 5.17. The van der Waals surface area contributed by atoms with Crippen LogP contribution in [0.25, 0.3) is 11.3 Å². The molecule has 164 valence electrons. The summed E-state index contributed by atoms with van der Waals surface area (Å²) in [6, 6.07) is 14.6. The van der Waals surface area contributed by atoms with E-state index in [4.69, 9.17) is 4.74 Å². The normalized spacial score (nSPS) is 11.4. The van der Waals surface area contributed by atoms with Crippen molar-refractivity contribution < 1.29 is 24.0 Å². The van der Waals surface area contributed by atoms with Gasteiger partial charge in [-0.1, -0.05) is 42.5 Å². The summed E-state index contributed by atoms with van der Waals surface area (Å²) in [5.74, 6) is -1.42. The van der Waals surface area contributed by atoms with Gasteiger partial charge in [0.2, 0.25) is 0 Å². The molecule has 1 unspecified atom stereocenters. The van der Waals surface area contributed by atoms with Crippen LogP contribution in [0.2, 0.25) is 0 Å². The molecule has 9 nitrogen and oxygen atoms in total. The van der Waals surface area contributed by atoms with Crippen LogP contribution in [-0.4, -0.2) is 33.7 Å². The van der Waals surface area contributed by atoms with Crippen molar-refractivity contribution in [3.8, 4) is 11.3 Å². The van der Waals surface area contributed by atoms with Crippen molar-refractivity contribution in [1.82, 2.24) is 4.98 Å². The van der Waals surface area contributed by atoms with Gasteiger partial charge in [0.05, 0.1) is 17.0 Å². The second-order valence-electron chi connectivity index (χ2n) is 6.76. The van der Waals surface area contributed by atoms with Crippen molar-refractivity contribution in [2.75, 3.05) is 5.32 Å². The number of rotatable bonds is 9. The Labute approximate surface area is 187 Å². The number of carbonyl (C=O) groups excluding carboxylic acids is 3. The first kappa shape index (κ1) is 22.8. The van der Waals surface area contributed by atoms with Crippen LogP contribution in [0.15, 0.2) is 60.0 Å². The Balaban J connectivity index is 1.51. The number of hydrogen-bond donors (Lipinski definition) is 1. The van der Waals surface area contributed by atoms with E-state index in [-0.39, 0.29) is 29.4 Å². The molecule has 0 aliphatic heterocycles. The lowest BCUT2D eigenvalue weighted by Crippen LogP contribution is -2.30. The number of Topliss-reactive ketones (excluding diaryl/α,β-unsaturated/α-hetero) is 1. The van der Waals surface area contributed by atoms with Gasteiger partial charge in [-0.25, -0.2) is 4.98 Å². The molecule has 0 saturated carbocycles. The minimum absolute atomic E-state index is 0.0176. The lowest BCUT2D eigenvalue weighted by atomic mass is 10.1. The van der Waals surface area contributed by atoms with Gasteiger partial charge < -0.3 is 4.74 Å². The molecule has 0 bridgehead atoms. The van der Waals surface area contributed by atoms with Gasteiger partial charge in [-0.3, -0.25) is 29.8 Å². The highest BCUT2D eigenvalue weighted by atomic mass is 32.1. The minimum atomic E-state index is -1.08. The molecule has 2 aromatic carbocycles. The maximum absolute atomic E-state index is 12.3. The fourth-order valence-corrected chi connectivity index (χ4v) is 3.47. The van der Waals surface area contributed by atoms with Gasteiger partial charge in [0.1, 0.15) is 0 Å². The summed E-state index contributed by atoms with van der Waals surface area (Å²) >= 11 is 1.14. The van der Waals surface area contributed by atoms with Crippen LogP contribution >= 0.6 is 11.3 Å². The Hall–Kier alpha value is -3.92. The van der Waals surface area contributed by atoms with Crippen LogP contribution in [0, 0.1) is 10.1 Å². The first-order valence-electron chi connectivity index (χ1n) is 9.62. The smallest absolute Gasteiger partial charge is 0.307 e. The third-order valence-electron chi connectivity index (χ3n) is 4.42. The summed E-state index contributed by atoms with van der Waals surface area (Å²) in [5.41, 5.74) is 1.46. The van der Waals surface area contributed by atoms with Gasteiger partial charge in [-0.05, 0) is 6.92 Å². The SMILES string of the molecule is CC(OC(=O)CCC(=O)c1ccccc1)C(=O)Nc1nc(-c2cccc([N+](=O)[O-])c2)cs1. The van der Waals surface area contributed by atoms with E-state index in [1.54, 1.807) is 47.8 Å². The van der Waals surface area contributed by atoms with E-state index in [9.17, 15) is 24.5 Å². The molecule has 1 heterocycles. The number of carbonyl (C=O) groups is 3. The van der Waals surface area contributed by atoms with Crippen LogP contribution in [0.3, 0.4) is 0 Å². The van der Waals surface area contributed by atoms with Gasteiger partial charge in [-0.15, -0.1) is 11.3 Å². The van der Waals surface area contributed by atoms with Gasteiger partial charge >= 0.3 is 5.97 Å². The first-order chi connectivity index (χ1) is 15.3. The number of amides is 1. The number of nitrogens with one attached hydrogen (secondary N) is 1. The molecule has 0 aliphatic rings. The number of anilines is 1. The monoisotopic (exact) mass is 453 g/mol. The fourth-order valence-electron chi connectivity index (χ4n) is 2.74. The molecule has 0 fully saturated rings. The maximum atomic E-state index is 12.3. The predicted octanol–water partition coefficient (Wildman–Crippen LogP) is 4.25. The van der Waals surface area contributed by atoms with Crippen molar-refractivity contribution >= 4 is 39.8 Å². The quantitative estimate of drug-likeness (QED) is 0.222. The molecule has 0 saturated heterocycles. The first-order valence-corrected chi connectivity index (χ1v) is 10.5. The Morgan fingerprint density at radius 2 is 1.88 bits per heavy atom. The summed E-state index contributed by atoms with van der Waals surface area (Å²) in [4.78, 5) is 51.1. The van der Waals surface area contributed by atoms with Crippen molar-refractivity contribution in [2.45, 2.75) is 25.9 Å². The molecular formula is C22H19N3O6S. The number of nitrogens with zero attached hydrogens (tertiary/aromatic N) is 2. The Morgan fingerprint density at radius 3 is 2.59 bits per heavy atom. The lowest BCUT2D eigenvalue weighted by Gasteiger charge is -2.12. The Morgan fingerprint density at radius 1 is 1.12 bits per heavy atom. The average molecular weight is 453 g/mol. The number of aromatic nitrogens is 1. The Bertz CT molecular complexity index is 1150. The van der Waals surface area contributed by atoms with Gasteiger partial charge in [0.25, 0.3) is 11.6 Å². The van der Waals surface area contributed by atoms with E-state index in [2.05, 4.69) is 10.3 Å². The zero-order valence-corrected chi connectivity index (χ0v) is 17.8. The molecular weight excluding hydrogens is 434 g/mol. The number of nitro groups is 1. The molecule has 3 aromatic rings. The number of hydrogen-bond acceptors (Lipinski definition) is 8. The van der Waals surface area contributed by atoms with Crippen molar-refractivity contribution in [2.24, 2.45) is 0 Å². The molecule has 1 N–H and O–H groups in total. The highest BCUT2D eigenvalue weighted by Gasteiger charge is 2.20. The number of thiazole rings is 1. The minimum Gasteiger partial charge on any atom is -0.453 e. The molecule has 32 heavy (non-hydrogen) atoms. The van der Waals surface area contributed by atoms with Crippen molar-refractivity contribution in [3.63, 3.8) is 0 Å². The van der Waals surface area contributed by atoms with E-state index in [0.29, 0.717) is 16.8 Å². The number of ether oxygens (including phenoxy) is 1. The second-order valence-corrected chi connectivity index (χ2v) is 7.61. The van der Waals surface area contributed by atoms with Gasteiger partial charge in [0.15, 0.2) is 17.0 Å². The molecule has 10 heteroatoms. The Kier molecular flexibility index (Phi) is 7.40. The standard InChI is InChI=1S/C22H19N3O6S/c1-14(31-20(27)11-10-19(26)15-6-3-2-4-7-15)21(28)24-22-23-18(13-32-22)16-8-5-9-17(12-16)25(29)30/h2-9,12-14H,10-11H2,1H3,(H,23,24,28). The lowest BCUT2D eigenvalue weighted by molar-refractivity contribution is -0.384. The zero-order valence-electron chi connectivity index (χ0n) is 17.0. The zero-order chi connectivity index (χ0) is 23.1. The van der Waals surface area contributed by atoms with E-state index >= 15 is 0 Å². The highest BCUT2D eigenvalue weighted by molar-refractivity contribution is 7.14. The van der Waals surface area contributed by atoms with Crippen LogP contribution in [0.5, 0.6) is 0 Å². The summed E-state index contributed by atoms with van der Waals surface area (Å²) in [7, 11) is 0. The molecule has 1 amide bonds. The summed E-state index contributed by atoms with van der Waals surface area (Å²) in [5, 5.41) is 15.4. The molecule has 3 rings (SSSR count). The number of nitro benzene ring substituents is 1. The van der Waals surface area contributed by atoms with E-state index in [1.165, 1.54) is 19.1 Å². The number of benzene rings is 2. The molecule has 1 atom stereocenters. The average Bonchev–Trinajstić information content (AvgIpc) is 3.26. The topological polar surface area (TPSA) is 128 Å². The number of esters is 1. The fraction of sp³-hybridized carbons (Fsp3) is 0.182. The maximum Gasteiger partial charge on any atom is 0.307 e. The van der Waals surface area contributed by atoms with Crippen molar-refractivity contribution in [1.29, 1.82) is 0 Å². The van der Waals surface area contributed by atoms with Crippen LogP contribution in [0.4, 0.5) is 10.8 Å². The largest absolute Gasteiger partial charge is 0.453 e. The molecule has 0 radical (unpaired) electrons. The number of non-ortho nitro benzene ring substituents is 1. The van der Waals surface area contributed by atoms with Crippen LogP contribution in [-0.2, 0) is 14.3 Å². The third kappa shape index (κ3) is 6.05. The van der Waals surface area contributed by atoms with E-state index in [1.807, 2.05) is 0 Å². The van der Waals surface area contributed by atoms with Gasteiger partial charge in [0, 0.05) is 35.1 Å². The van der Waals surface area contributed by atoms with Gasteiger partial charge in [-0.2, -0.15) is 0 Å². The summed E-state index contributed by atoms with van der Waals surface area (Å²) < 4.78 is 5.10. The summed E-state index contributed by atoms with van der Waals surface area (Å²) in [6.45, 7) is 1.42. The van der Waals surface area contributed by atoms with Crippen LogP contribution < -0.4 is 5.32 Å². The second kappa shape index (κ2) is 10.4. The van der Waals surface area contributed by atoms with E-state index < -0.39 is 22.9 Å². The summed E-state index contributed by atoms with van der Waals surface area (Å²) in [6.07, 6.45) is -1.24. The molecule has 0 spiro atoms. The highest BCUT2D eigenvalue weighted by Crippen LogP contribution is 2.27. The van der Waals surface area contributed by atoms with E-state index in [0.717, 1.165) is 11.3 Å². The number of ketones is 1. The molecule has 0 aliphatic carbocycles. The van der Waals surface area contributed by atoms with Crippen molar-refractivity contribution in [3.05, 3.63) is 75.7 Å². The predicted molar refractivity (Wildman–Crippen MR) is 118 cm³/mol. The van der Waals surface area contributed by atoms with Crippen LogP contribution in [0.1, 0.15) is 30.1 Å². The molecule has 1 aromatic heterocycles.